The Kier molecular flexibility index (Phi) is 3.12. The summed E-state index contributed by atoms with van der Waals surface area (Å²) in [6, 6.07) is 2.15. The SMILES string of the molecule is CN(C)C(=O)C1(C#N)CCCC(N)C1. The molecule has 2 N–H and O–H groups in total. The van der Waals surface area contributed by atoms with E-state index in [1.807, 2.05) is 0 Å². The highest BCUT2D eigenvalue weighted by Crippen LogP contribution is 2.36. The molecule has 2 atom stereocenters. The summed E-state index contributed by atoms with van der Waals surface area (Å²) in [5.41, 5.74) is 4.94. The third-order valence-corrected chi connectivity index (χ3v) is 2.82. The zero-order chi connectivity index (χ0) is 10.8. The maximum atomic E-state index is 11.8. The Hall–Kier alpha value is -1.08. The summed E-state index contributed by atoms with van der Waals surface area (Å²) in [6.07, 6.45) is 2.94. The number of hydrogen-bond donors (Lipinski definition) is 1. The van der Waals surface area contributed by atoms with Crippen LogP contribution in [-0.4, -0.2) is 30.9 Å². The molecule has 0 saturated heterocycles. The molecule has 0 aliphatic heterocycles. The smallest absolute Gasteiger partial charge is 0.242 e. The molecule has 1 fully saturated rings. The van der Waals surface area contributed by atoms with E-state index in [9.17, 15) is 4.79 Å². The number of nitriles is 1. The minimum atomic E-state index is -0.860. The lowest BCUT2D eigenvalue weighted by Gasteiger charge is -2.34. The zero-order valence-corrected chi connectivity index (χ0v) is 8.79. The Balaban J connectivity index is 2.86. The highest BCUT2D eigenvalue weighted by atomic mass is 16.2. The predicted octanol–water partition coefficient (Wildman–Crippen LogP) is 0.486. The zero-order valence-electron chi connectivity index (χ0n) is 8.79. The van der Waals surface area contributed by atoms with Gasteiger partial charge in [-0.05, 0) is 25.7 Å². The van der Waals surface area contributed by atoms with E-state index in [1.165, 1.54) is 4.90 Å². The van der Waals surface area contributed by atoms with Crippen LogP contribution in [0.4, 0.5) is 0 Å². The van der Waals surface area contributed by atoms with Crippen LogP contribution < -0.4 is 5.73 Å². The summed E-state index contributed by atoms with van der Waals surface area (Å²) in [7, 11) is 3.36. The lowest BCUT2D eigenvalue weighted by Crippen LogP contribution is -2.45. The first-order valence-corrected chi connectivity index (χ1v) is 4.90. The fourth-order valence-electron chi connectivity index (χ4n) is 2.09. The van der Waals surface area contributed by atoms with Crippen molar-refractivity contribution in [2.24, 2.45) is 11.1 Å². The van der Waals surface area contributed by atoms with Crippen LogP contribution in [0.2, 0.25) is 0 Å². The van der Waals surface area contributed by atoms with Crippen molar-refractivity contribution < 1.29 is 4.79 Å². The Bertz CT molecular complexity index is 269. The number of hydrogen-bond acceptors (Lipinski definition) is 3. The summed E-state index contributed by atoms with van der Waals surface area (Å²) >= 11 is 0. The van der Waals surface area contributed by atoms with Crippen LogP contribution in [0.1, 0.15) is 25.7 Å². The Morgan fingerprint density at radius 3 is 2.71 bits per heavy atom. The van der Waals surface area contributed by atoms with Crippen LogP contribution in [-0.2, 0) is 4.79 Å². The van der Waals surface area contributed by atoms with E-state index in [0.29, 0.717) is 12.8 Å². The van der Waals surface area contributed by atoms with Gasteiger partial charge in [-0.15, -0.1) is 0 Å². The molecule has 78 valence electrons. The number of rotatable bonds is 1. The third kappa shape index (κ3) is 1.88. The monoisotopic (exact) mass is 195 g/mol. The van der Waals surface area contributed by atoms with Crippen molar-refractivity contribution in [2.45, 2.75) is 31.7 Å². The molecule has 0 aromatic rings. The van der Waals surface area contributed by atoms with E-state index < -0.39 is 5.41 Å². The summed E-state index contributed by atoms with van der Waals surface area (Å²) in [5, 5.41) is 9.13. The molecule has 0 bridgehead atoms. The summed E-state index contributed by atoms with van der Waals surface area (Å²) in [4.78, 5) is 13.3. The molecule has 0 radical (unpaired) electrons. The van der Waals surface area contributed by atoms with Crippen molar-refractivity contribution in [3.8, 4) is 6.07 Å². The van der Waals surface area contributed by atoms with Crippen molar-refractivity contribution in [2.75, 3.05) is 14.1 Å². The molecule has 0 heterocycles. The standard InChI is InChI=1S/C10H17N3O/c1-13(2)9(14)10(7-11)5-3-4-8(12)6-10/h8H,3-6,12H2,1-2H3. The van der Waals surface area contributed by atoms with Crippen LogP contribution in [0.5, 0.6) is 0 Å². The number of nitrogens with two attached hydrogens (primary N) is 1. The molecular weight excluding hydrogens is 178 g/mol. The second kappa shape index (κ2) is 3.97. The Morgan fingerprint density at radius 1 is 1.64 bits per heavy atom. The molecule has 1 rings (SSSR count). The van der Waals surface area contributed by atoms with Gasteiger partial charge >= 0.3 is 0 Å². The Labute approximate surface area is 84.7 Å². The van der Waals surface area contributed by atoms with Gasteiger partial charge in [-0.3, -0.25) is 4.79 Å². The van der Waals surface area contributed by atoms with E-state index in [4.69, 9.17) is 11.0 Å². The molecular formula is C10H17N3O. The third-order valence-electron chi connectivity index (χ3n) is 2.82. The fraction of sp³-hybridized carbons (Fsp3) is 0.800. The molecule has 1 aliphatic rings. The lowest BCUT2D eigenvalue weighted by molar-refractivity contribution is -0.138. The topological polar surface area (TPSA) is 70.1 Å². The largest absolute Gasteiger partial charge is 0.347 e. The number of amides is 1. The molecule has 0 aromatic heterocycles. The summed E-state index contributed by atoms with van der Waals surface area (Å²) in [5.74, 6) is -0.102. The van der Waals surface area contributed by atoms with E-state index >= 15 is 0 Å². The quantitative estimate of drug-likeness (QED) is 0.661. The van der Waals surface area contributed by atoms with Crippen LogP contribution in [0, 0.1) is 16.7 Å². The van der Waals surface area contributed by atoms with Gasteiger partial charge in [0, 0.05) is 20.1 Å². The Morgan fingerprint density at radius 2 is 2.29 bits per heavy atom. The first kappa shape index (κ1) is 11.0. The van der Waals surface area contributed by atoms with Gasteiger partial charge < -0.3 is 10.6 Å². The molecule has 2 unspecified atom stereocenters. The average molecular weight is 195 g/mol. The van der Waals surface area contributed by atoms with Gasteiger partial charge in [-0.2, -0.15) is 5.26 Å². The first-order valence-electron chi connectivity index (χ1n) is 4.90. The van der Waals surface area contributed by atoms with Crippen LogP contribution in [0.25, 0.3) is 0 Å². The molecule has 1 aliphatic carbocycles. The summed E-state index contributed by atoms with van der Waals surface area (Å²) in [6.45, 7) is 0. The van der Waals surface area contributed by atoms with Crippen molar-refractivity contribution in [3.63, 3.8) is 0 Å². The normalized spacial score (nSPS) is 32.0. The maximum Gasteiger partial charge on any atom is 0.242 e. The minimum Gasteiger partial charge on any atom is -0.347 e. The van der Waals surface area contributed by atoms with Gasteiger partial charge in [0.25, 0.3) is 0 Å². The summed E-state index contributed by atoms with van der Waals surface area (Å²) < 4.78 is 0. The van der Waals surface area contributed by atoms with Crippen LogP contribution >= 0.6 is 0 Å². The highest BCUT2D eigenvalue weighted by molar-refractivity contribution is 5.85. The molecule has 4 heteroatoms. The van der Waals surface area contributed by atoms with Gasteiger partial charge in [0.2, 0.25) is 5.91 Å². The molecule has 1 amide bonds. The van der Waals surface area contributed by atoms with Crippen molar-refractivity contribution in [3.05, 3.63) is 0 Å². The predicted molar refractivity (Wildman–Crippen MR) is 53.2 cm³/mol. The second-order valence-corrected chi connectivity index (χ2v) is 4.25. The second-order valence-electron chi connectivity index (χ2n) is 4.25. The van der Waals surface area contributed by atoms with E-state index in [0.717, 1.165) is 12.8 Å². The van der Waals surface area contributed by atoms with Gasteiger partial charge in [0.1, 0.15) is 5.41 Å². The van der Waals surface area contributed by atoms with Gasteiger partial charge in [0.15, 0.2) is 0 Å². The number of carbonyl (C=O) groups excluding carboxylic acids is 1. The molecule has 14 heavy (non-hydrogen) atoms. The molecule has 0 spiro atoms. The van der Waals surface area contributed by atoms with Crippen LogP contribution in [0.3, 0.4) is 0 Å². The molecule has 4 nitrogen and oxygen atoms in total. The fourth-order valence-corrected chi connectivity index (χ4v) is 2.09. The van der Waals surface area contributed by atoms with Crippen molar-refractivity contribution >= 4 is 5.91 Å². The molecule has 1 saturated carbocycles. The lowest BCUT2D eigenvalue weighted by atomic mass is 9.72. The van der Waals surface area contributed by atoms with Crippen LogP contribution in [0.15, 0.2) is 0 Å². The minimum absolute atomic E-state index is 0.00713. The van der Waals surface area contributed by atoms with E-state index in [2.05, 4.69) is 6.07 Å². The van der Waals surface area contributed by atoms with Crippen molar-refractivity contribution in [1.82, 2.24) is 4.90 Å². The first-order chi connectivity index (χ1) is 6.52. The molecule has 0 aromatic carbocycles. The van der Waals surface area contributed by atoms with Gasteiger partial charge in [0.05, 0.1) is 6.07 Å². The highest BCUT2D eigenvalue weighted by Gasteiger charge is 2.43. The number of carbonyl (C=O) groups is 1. The van der Waals surface area contributed by atoms with Crippen molar-refractivity contribution in [1.29, 1.82) is 5.26 Å². The van der Waals surface area contributed by atoms with E-state index in [1.54, 1.807) is 14.1 Å². The maximum absolute atomic E-state index is 11.8. The number of nitrogens with zero attached hydrogens (tertiary/aromatic N) is 2. The van der Waals surface area contributed by atoms with Gasteiger partial charge in [-0.1, -0.05) is 0 Å². The van der Waals surface area contributed by atoms with Gasteiger partial charge in [-0.25, -0.2) is 0 Å². The average Bonchev–Trinajstić information content (AvgIpc) is 2.16. The van der Waals surface area contributed by atoms with E-state index in [-0.39, 0.29) is 11.9 Å².